The molecule has 0 spiro atoms. The predicted molar refractivity (Wildman–Crippen MR) is 66.2 cm³/mol. The number of hydrogen-bond acceptors (Lipinski definition) is 3. The molecule has 0 radical (unpaired) electrons. The first kappa shape index (κ1) is 12.4. The molecule has 0 saturated carbocycles. The molecule has 94 valence electrons. The zero-order chi connectivity index (χ0) is 11.8. The average molecular weight is 245 g/mol. The summed E-state index contributed by atoms with van der Waals surface area (Å²) in [4.78, 5) is 0. The van der Waals surface area contributed by atoms with Crippen LogP contribution in [0.3, 0.4) is 0 Å². The van der Waals surface area contributed by atoms with Gasteiger partial charge in [-0.2, -0.15) is 0 Å². The largest absolute Gasteiger partial charge is 0.312 e. The molecule has 0 aromatic rings. The van der Waals surface area contributed by atoms with Gasteiger partial charge in [0.25, 0.3) is 0 Å². The molecule has 2 aliphatic heterocycles. The maximum atomic E-state index is 11.3. The predicted octanol–water partition coefficient (Wildman–Crippen LogP) is 1.59. The van der Waals surface area contributed by atoms with E-state index in [1.54, 1.807) is 0 Å². The quantitative estimate of drug-likeness (QED) is 0.803. The van der Waals surface area contributed by atoms with Crippen LogP contribution in [0, 0.1) is 11.8 Å². The first-order chi connectivity index (χ1) is 7.36. The third kappa shape index (κ3) is 3.20. The molecule has 0 aliphatic carbocycles. The summed E-state index contributed by atoms with van der Waals surface area (Å²) >= 11 is 0. The Morgan fingerprint density at radius 3 is 2.31 bits per heavy atom. The molecule has 0 amide bonds. The molecule has 0 bridgehead atoms. The molecule has 16 heavy (non-hydrogen) atoms. The third-order valence-corrected chi connectivity index (χ3v) is 5.72. The van der Waals surface area contributed by atoms with Crippen molar-refractivity contribution < 1.29 is 8.42 Å². The zero-order valence-corrected chi connectivity index (χ0v) is 11.1. The van der Waals surface area contributed by atoms with Crippen molar-refractivity contribution in [1.82, 2.24) is 5.32 Å². The van der Waals surface area contributed by atoms with Gasteiger partial charge in [-0.05, 0) is 57.9 Å². The van der Waals surface area contributed by atoms with Crippen LogP contribution in [0.1, 0.15) is 39.5 Å². The molecular formula is C12H23NO2S. The smallest absolute Gasteiger partial charge is 0.150 e. The minimum atomic E-state index is -2.69. The molecular weight excluding hydrogens is 222 g/mol. The van der Waals surface area contributed by atoms with Crippen molar-refractivity contribution in [3.8, 4) is 0 Å². The number of rotatable bonds is 2. The van der Waals surface area contributed by atoms with Crippen LogP contribution in [-0.4, -0.2) is 32.0 Å². The van der Waals surface area contributed by atoms with E-state index in [9.17, 15) is 8.42 Å². The molecule has 1 unspecified atom stereocenters. The Bertz CT molecular complexity index is 334. The molecule has 2 saturated heterocycles. The average Bonchev–Trinajstić information content (AvgIpc) is 2.50. The molecule has 2 fully saturated rings. The van der Waals surface area contributed by atoms with Crippen LogP contribution < -0.4 is 5.32 Å². The first-order valence-electron chi connectivity index (χ1n) is 6.32. The summed E-state index contributed by atoms with van der Waals surface area (Å²) in [6.45, 7) is 5.60. The summed E-state index contributed by atoms with van der Waals surface area (Å²) in [5, 5.41) is 3.53. The van der Waals surface area contributed by atoms with Gasteiger partial charge in [0.05, 0.1) is 11.5 Å². The van der Waals surface area contributed by atoms with E-state index in [-0.39, 0.29) is 5.54 Å². The molecule has 2 aliphatic rings. The van der Waals surface area contributed by atoms with Crippen molar-refractivity contribution in [3.05, 3.63) is 0 Å². The van der Waals surface area contributed by atoms with E-state index in [4.69, 9.17) is 0 Å². The highest BCUT2D eigenvalue weighted by molar-refractivity contribution is 7.91. The number of sulfone groups is 1. The normalized spacial score (nSPS) is 34.0. The summed E-state index contributed by atoms with van der Waals surface area (Å²) in [7, 11) is -2.69. The van der Waals surface area contributed by atoms with Crippen LogP contribution in [0.4, 0.5) is 0 Å². The minimum Gasteiger partial charge on any atom is -0.312 e. The van der Waals surface area contributed by atoms with Crippen molar-refractivity contribution in [1.29, 1.82) is 0 Å². The summed E-state index contributed by atoms with van der Waals surface area (Å²) in [6.07, 6.45) is 4.22. The monoisotopic (exact) mass is 245 g/mol. The van der Waals surface area contributed by atoms with Gasteiger partial charge in [0, 0.05) is 5.54 Å². The van der Waals surface area contributed by atoms with E-state index in [0.29, 0.717) is 17.4 Å². The van der Waals surface area contributed by atoms with Gasteiger partial charge in [-0.15, -0.1) is 0 Å². The standard InChI is InChI=1S/C12H23NO2S/c1-12(2)8-11(9-13-12)7-10-3-5-16(14,15)6-4-10/h10-11,13H,3-9H2,1-2H3. The van der Waals surface area contributed by atoms with Crippen LogP contribution in [-0.2, 0) is 9.84 Å². The Morgan fingerprint density at radius 2 is 1.81 bits per heavy atom. The summed E-state index contributed by atoms with van der Waals surface area (Å²) < 4.78 is 22.6. The van der Waals surface area contributed by atoms with Gasteiger partial charge in [-0.25, -0.2) is 8.42 Å². The molecule has 1 N–H and O–H groups in total. The van der Waals surface area contributed by atoms with Gasteiger partial charge in [0.2, 0.25) is 0 Å². The van der Waals surface area contributed by atoms with Crippen LogP contribution in [0.15, 0.2) is 0 Å². The Balaban J connectivity index is 1.80. The van der Waals surface area contributed by atoms with Crippen molar-refractivity contribution in [2.45, 2.75) is 45.1 Å². The van der Waals surface area contributed by atoms with Crippen LogP contribution in [0.5, 0.6) is 0 Å². The molecule has 1 atom stereocenters. The maximum absolute atomic E-state index is 11.3. The van der Waals surface area contributed by atoms with Crippen LogP contribution in [0.25, 0.3) is 0 Å². The summed E-state index contributed by atoms with van der Waals surface area (Å²) in [6, 6.07) is 0. The molecule has 2 heterocycles. The fourth-order valence-corrected chi connectivity index (χ4v) is 4.69. The fraction of sp³-hybridized carbons (Fsp3) is 1.00. The van der Waals surface area contributed by atoms with E-state index in [1.165, 1.54) is 12.8 Å². The highest BCUT2D eigenvalue weighted by atomic mass is 32.2. The third-order valence-electron chi connectivity index (χ3n) is 4.01. The molecule has 0 aromatic heterocycles. The van der Waals surface area contributed by atoms with Crippen molar-refractivity contribution in [2.75, 3.05) is 18.1 Å². The Morgan fingerprint density at radius 1 is 1.19 bits per heavy atom. The van der Waals surface area contributed by atoms with Gasteiger partial charge in [0.1, 0.15) is 9.84 Å². The second-order valence-electron chi connectivity index (χ2n) is 6.17. The van der Waals surface area contributed by atoms with E-state index in [1.807, 2.05) is 0 Å². The Labute approximate surface area is 98.9 Å². The van der Waals surface area contributed by atoms with E-state index < -0.39 is 9.84 Å². The van der Waals surface area contributed by atoms with Crippen molar-refractivity contribution in [2.24, 2.45) is 11.8 Å². The molecule has 4 heteroatoms. The van der Waals surface area contributed by atoms with Gasteiger partial charge in [0.15, 0.2) is 0 Å². The lowest BCUT2D eigenvalue weighted by Crippen LogP contribution is -2.31. The SMILES string of the molecule is CC1(C)CC(CC2CCS(=O)(=O)CC2)CN1. The maximum Gasteiger partial charge on any atom is 0.150 e. The Hall–Kier alpha value is -0.0900. The second-order valence-corrected chi connectivity index (χ2v) is 8.47. The van der Waals surface area contributed by atoms with Gasteiger partial charge >= 0.3 is 0 Å². The van der Waals surface area contributed by atoms with E-state index in [0.717, 1.165) is 25.3 Å². The van der Waals surface area contributed by atoms with Gasteiger partial charge in [-0.3, -0.25) is 0 Å². The van der Waals surface area contributed by atoms with Gasteiger partial charge in [-0.1, -0.05) is 0 Å². The first-order valence-corrected chi connectivity index (χ1v) is 8.14. The van der Waals surface area contributed by atoms with Crippen LogP contribution in [0.2, 0.25) is 0 Å². The lowest BCUT2D eigenvalue weighted by Gasteiger charge is -2.24. The van der Waals surface area contributed by atoms with Crippen molar-refractivity contribution >= 4 is 9.84 Å². The number of hydrogen-bond donors (Lipinski definition) is 1. The highest BCUT2D eigenvalue weighted by Gasteiger charge is 2.33. The van der Waals surface area contributed by atoms with E-state index in [2.05, 4.69) is 19.2 Å². The second kappa shape index (κ2) is 4.30. The lowest BCUT2D eigenvalue weighted by atomic mass is 9.86. The van der Waals surface area contributed by atoms with E-state index >= 15 is 0 Å². The summed E-state index contributed by atoms with van der Waals surface area (Å²) in [5.74, 6) is 2.23. The molecule has 0 aromatic carbocycles. The Kier molecular flexibility index (Phi) is 3.32. The van der Waals surface area contributed by atoms with Gasteiger partial charge < -0.3 is 5.32 Å². The summed E-state index contributed by atoms with van der Waals surface area (Å²) in [5.41, 5.74) is 0.283. The minimum absolute atomic E-state index is 0.283. The fourth-order valence-electron chi connectivity index (χ4n) is 3.10. The number of nitrogens with one attached hydrogen (secondary N) is 1. The topological polar surface area (TPSA) is 46.2 Å². The molecule has 3 nitrogen and oxygen atoms in total. The highest BCUT2D eigenvalue weighted by Crippen LogP contribution is 2.32. The zero-order valence-electron chi connectivity index (χ0n) is 10.3. The molecule has 2 rings (SSSR count). The lowest BCUT2D eigenvalue weighted by molar-refractivity contribution is 0.347. The van der Waals surface area contributed by atoms with Crippen LogP contribution >= 0.6 is 0 Å². The van der Waals surface area contributed by atoms with Crippen molar-refractivity contribution in [3.63, 3.8) is 0 Å².